The number of amides is 3. The Balaban J connectivity index is 1.76. The van der Waals surface area contributed by atoms with Gasteiger partial charge < -0.3 is 0 Å². The van der Waals surface area contributed by atoms with Gasteiger partial charge in [-0.05, 0) is 71.2 Å². The molecule has 5 nitrogen and oxygen atoms in total. The maximum absolute atomic E-state index is 12.8. The minimum atomic E-state index is -4.41. The maximum atomic E-state index is 12.8. The molecule has 0 aliphatic rings. The van der Waals surface area contributed by atoms with Crippen molar-refractivity contribution >= 4 is 33.7 Å². The van der Waals surface area contributed by atoms with E-state index in [1.54, 1.807) is 44.2 Å². The first kappa shape index (κ1) is 22.5. The van der Waals surface area contributed by atoms with Gasteiger partial charge in [0.05, 0.1) is 11.1 Å². The van der Waals surface area contributed by atoms with Crippen molar-refractivity contribution in [2.45, 2.75) is 20.0 Å². The van der Waals surface area contributed by atoms with E-state index in [1.807, 2.05) is 0 Å². The fourth-order valence-corrected chi connectivity index (χ4v) is 3.59. The molecule has 9 heteroatoms. The molecule has 2 aromatic carbocycles. The number of alkyl halides is 3. The van der Waals surface area contributed by atoms with Crippen LogP contribution in [0.1, 0.15) is 27.2 Å². The molecule has 3 amide bonds. The van der Waals surface area contributed by atoms with E-state index in [4.69, 9.17) is 0 Å². The summed E-state index contributed by atoms with van der Waals surface area (Å²) in [5.74, 6) is -0.372. The molecule has 3 rings (SSSR count). The molecule has 0 aliphatic heterocycles. The number of urea groups is 1. The van der Waals surface area contributed by atoms with Gasteiger partial charge in [-0.2, -0.15) is 13.2 Å². The van der Waals surface area contributed by atoms with Crippen molar-refractivity contribution in [2.24, 2.45) is 0 Å². The number of pyridine rings is 1. The Morgan fingerprint density at radius 2 is 1.65 bits per heavy atom. The summed E-state index contributed by atoms with van der Waals surface area (Å²) < 4.78 is 38.9. The number of hydrogen-bond acceptors (Lipinski definition) is 3. The van der Waals surface area contributed by atoms with Crippen LogP contribution in [0.15, 0.2) is 59.1 Å². The zero-order valence-corrected chi connectivity index (χ0v) is 18.1. The average Bonchev–Trinajstić information content (AvgIpc) is 2.67. The number of nitrogens with one attached hydrogen (secondary N) is 2. The minimum absolute atomic E-state index is 0.211. The third-order valence-electron chi connectivity index (χ3n) is 4.49. The normalized spacial score (nSPS) is 11.2. The van der Waals surface area contributed by atoms with Gasteiger partial charge in [0.25, 0.3) is 5.91 Å². The van der Waals surface area contributed by atoms with Crippen LogP contribution in [-0.4, -0.2) is 16.9 Å². The Hall–Kier alpha value is -3.20. The fourth-order valence-electron chi connectivity index (χ4n) is 3.12. The molecular formula is C22H17BrF3N3O2. The molecule has 0 unspecified atom stereocenters. The molecule has 0 radical (unpaired) electrons. The second-order valence-electron chi connectivity index (χ2n) is 6.75. The van der Waals surface area contributed by atoms with Crippen LogP contribution in [0.4, 0.5) is 23.8 Å². The molecule has 0 spiro atoms. The van der Waals surface area contributed by atoms with E-state index in [0.717, 1.165) is 12.1 Å². The lowest BCUT2D eigenvalue weighted by Crippen LogP contribution is -2.34. The molecule has 3 aromatic rings. The minimum Gasteiger partial charge on any atom is -0.292 e. The lowest BCUT2D eigenvalue weighted by atomic mass is 9.98. The number of anilines is 1. The molecule has 2 N–H and O–H groups in total. The molecular weight excluding hydrogens is 475 g/mol. The molecule has 0 atom stereocenters. The number of imide groups is 1. The predicted octanol–water partition coefficient (Wildman–Crippen LogP) is 6.11. The highest BCUT2D eigenvalue weighted by molar-refractivity contribution is 9.10. The van der Waals surface area contributed by atoms with Gasteiger partial charge in [-0.25, -0.2) is 9.78 Å². The molecule has 0 bridgehead atoms. The third kappa shape index (κ3) is 5.29. The van der Waals surface area contributed by atoms with Crippen LogP contribution in [0, 0.1) is 13.8 Å². The van der Waals surface area contributed by atoms with Crippen molar-refractivity contribution in [1.82, 2.24) is 10.3 Å². The molecule has 31 heavy (non-hydrogen) atoms. The summed E-state index contributed by atoms with van der Waals surface area (Å²) in [5.41, 5.74) is 2.05. The smallest absolute Gasteiger partial charge is 0.292 e. The van der Waals surface area contributed by atoms with E-state index in [9.17, 15) is 22.8 Å². The summed E-state index contributed by atoms with van der Waals surface area (Å²) in [6.45, 7) is 3.45. The van der Waals surface area contributed by atoms with Crippen LogP contribution in [0.5, 0.6) is 0 Å². The van der Waals surface area contributed by atoms with Crippen molar-refractivity contribution in [3.05, 3.63) is 81.5 Å². The monoisotopic (exact) mass is 491 g/mol. The van der Waals surface area contributed by atoms with Crippen LogP contribution >= 0.6 is 15.9 Å². The van der Waals surface area contributed by atoms with E-state index in [1.165, 1.54) is 12.1 Å². The molecule has 1 heterocycles. The third-order valence-corrected chi connectivity index (χ3v) is 5.18. The number of aromatic nitrogens is 1. The Labute approximate surface area is 184 Å². The summed E-state index contributed by atoms with van der Waals surface area (Å²) in [7, 11) is 0. The van der Waals surface area contributed by atoms with Gasteiger partial charge in [0, 0.05) is 15.7 Å². The SMILES string of the molecule is Cc1cc(NC(=O)NC(=O)c2ccccc2Br)nc(C)c1-c1ccc(C(F)(F)F)cc1. The standard InChI is InChI=1S/C22H17BrF3N3O2/c1-12-11-18(28-21(31)29-20(30)16-5-3-4-6-17(16)23)27-13(2)19(12)14-7-9-15(10-8-14)22(24,25)26/h3-11H,1-2H3,(H2,27,28,29,30,31). The Kier molecular flexibility index (Phi) is 6.45. The van der Waals surface area contributed by atoms with E-state index in [0.29, 0.717) is 32.4 Å². The lowest BCUT2D eigenvalue weighted by molar-refractivity contribution is -0.137. The summed E-state index contributed by atoms with van der Waals surface area (Å²) >= 11 is 3.25. The van der Waals surface area contributed by atoms with Crippen LogP contribution in [0.3, 0.4) is 0 Å². The highest BCUT2D eigenvalue weighted by Crippen LogP contribution is 2.33. The molecule has 1 aromatic heterocycles. The van der Waals surface area contributed by atoms with E-state index < -0.39 is 23.7 Å². The Bertz CT molecular complexity index is 1120. The zero-order valence-electron chi connectivity index (χ0n) is 16.5. The fraction of sp³-hybridized carbons (Fsp3) is 0.136. The van der Waals surface area contributed by atoms with Crippen molar-refractivity contribution in [2.75, 3.05) is 5.32 Å². The van der Waals surface area contributed by atoms with Crippen molar-refractivity contribution in [1.29, 1.82) is 0 Å². The van der Waals surface area contributed by atoms with Gasteiger partial charge in [-0.3, -0.25) is 15.4 Å². The van der Waals surface area contributed by atoms with Gasteiger partial charge in [0.2, 0.25) is 0 Å². The summed E-state index contributed by atoms with van der Waals surface area (Å²) in [5, 5.41) is 4.73. The summed E-state index contributed by atoms with van der Waals surface area (Å²) in [6.07, 6.45) is -4.41. The largest absolute Gasteiger partial charge is 0.416 e. The van der Waals surface area contributed by atoms with Crippen LogP contribution < -0.4 is 10.6 Å². The first-order valence-electron chi connectivity index (χ1n) is 9.09. The lowest BCUT2D eigenvalue weighted by Gasteiger charge is -2.14. The van der Waals surface area contributed by atoms with Crippen molar-refractivity contribution < 1.29 is 22.8 Å². The van der Waals surface area contributed by atoms with Gasteiger partial charge in [-0.15, -0.1) is 0 Å². The molecule has 0 saturated heterocycles. The van der Waals surface area contributed by atoms with Gasteiger partial charge in [-0.1, -0.05) is 24.3 Å². The van der Waals surface area contributed by atoms with Gasteiger partial charge in [0.1, 0.15) is 5.82 Å². The first-order valence-corrected chi connectivity index (χ1v) is 9.88. The van der Waals surface area contributed by atoms with E-state index >= 15 is 0 Å². The second kappa shape index (κ2) is 8.89. The quantitative estimate of drug-likeness (QED) is 0.464. The zero-order chi connectivity index (χ0) is 22.8. The van der Waals surface area contributed by atoms with E-state index in [-0.39, 0.29) is 5.82 Å². The number of rotatable bonds is 3. The molecule has 0 saturated carbocycles. The Morgan fingerprint density at radius 3 is 2.23 bits per heavy atom. The number of benzene rings is 2. The average molecular weight is 492 g/mol. The summed E-state index contributed by atoms with van der Waals surface area (Å²) in [4.78, 5) is 28.8. The van der Waals surface area contributed by atoms with Crippen molar-refractivity contribution in [3.63, 3.8) is 0 Å². The topological polar surface area (TPSA) is 71.1 Å². The van der Waals surface area contributed by atoms with Crippen LogP contribution in [0.25, 0.3) is 11.1 Å². The summed E-state index contributed by atoms with van der Waals surface area (Å²) in [6, 6.07) is 12.3. The van der Waals surface area contributed by atoms with Gasteiger partial charge in [0.15, 0.2) is 0 Å². The number of carbonyl (C=O) groups excluding carboxylic acids is 2. The molecule has 0 fully saturated rings. The molecule has 160 valence electrons. The van der Waals surface area contributed by atoms with Crippen LogP contribution in [0.2, 0.25) is 0 Å². The van der Waals surface area contributed by atoms with Crippen molar-refractivity contribution in [3.8, 4) is 11.1 Å². The number of carbonyl (C=O) groups is 2. The van der Waals surface area contributed by atoms with Crippen LogP contribution in [-0.2, 0) is 6.18 Å². The first-order chi connectivity index (χ1) is 14.6. The number of hydrogen-bond donors (Lipinski definition) is 2. The second-order valence-corrected chi connectivity index (χ2v) is 7.60. The predicted molar refractivity (Wildman–Crippen MR) is 115 cm³/mol. The highest BCUT2D eigenvalue weighted by atomic mass is 79.9. The Morgan fingerprint density at radius 1 is 1.00 bits per heavy atom. The molecule has 0 aliphatic carbocycles. The maximum Gasteiger partial charge on any atom is 0.416 e. The van der Waals surface area contributed by atoms with E-state index in [2.05, 4.69) is 31.5 Å². The highest BCUT2D eigenvalue weighted by Gasteiger charge is 2.30. The number of nitrogens with zero attached hydrogens (tertiary/aromatic N) is 1. The number of halogens is 4. The van der Waals surface area contributed by atoms with Gasteiger partial charge >= 0.3 is 12.2 Å². The number of aryl methyl sites for hydroxylation is 2.